The van der Waals surface area contributed by atoms with Crippen molar-refractivity contribution in [1.82, 2.24) is 4.57 Å². The summed E-state index contributed by atoms with van der Waals surface area (Å²) in [4.78, 5) is 14.1. The maximum atomic E-state index is 14.1. The van der Waals surface area contributed by atoms with Gasteiger partial charge in [-0.15, -0.1) is 0 Å². The number of aryl methyl sites for hydroxylation is 3. The van der Waals surface area contributed by atoms with E-state index in [9.17, 15) is 4.79 Å². The second-order valence-electron chi connectivity index (χ2n) is 9.64. The molecule has 0 unspecified atom stereocenters. The van der Waals surface area contributed by atoms with E-state index in [0.717, 1.165) is 27.6 Å². The van der Waals surface area contributed by atoms with Crippen LogP contribution in [0.1, 0.15) is 38.9 Å². The first-order valence-corrected chi connectivity index (χ1v) is 12.4. The Morgan fingerprint density at radius 2 is 1.17 bits per heavy atom. The summed E-state index contributed by atoms with van der Waals surface area (Å²) in [7, 11) is 0. The monoisotopic (exact) mass is 473 g/mol. The molecule has 0 fully saturated rings. The van der Waals surface area contributed by atoms with Gasteiger partial charge in [0.1, 0.15) is 12.4 Å². The third-order valence-electron chi connectivity index (χ3n) is 6.68. The second-order valence-corrected chi connectivity index (χ2v) is 9.64. The number of hydrogen-bond donors (Lipinski definition) is 0. The number of rotatable bonds is 7. The molecule has 3 heteroatoms. The predicted octanol–water partition coefficient (Wildman–Crippen LogP) is 7.14. The molecule has 36 heavy (non-hydrogen) atoms. The smallest absolute Gasteiger partial charge is 0.258 e. The van der Waals surface area contributed by atoms with Crippen LogP contribution < -0.4 is 10.3 Å². The van der Waals surface area contributed by atoms with Gasteiger partial charge in [0.2, 0.25) is 0 Å². The molecule has 1 aromatic heterocycles. The number of pyridine rings is 1. The van der Waals surface area contributed by atoms with Crippen LogP contribution in [0, 0.1) is 20.8 Å². The third kappa shape index (κ3) is 5.11. The topological polar surface area (TPSA) is 31.2 Å². The summed E-state index contributed by atoms with van der Waals surface area (Å²) in [5.74, 6) is 0.678. The molecule has 0 amide bonds. The van der Waals surface area contributed by atoms with E-state index in [4.69, 9.17) is 4.74 Å². The Balaban J connectivity index is 1.64. The van der Waals surface area contributed by atoms with Crippen LogP contribution in [0.5, 0.6) is 5.75 Å². The van der Waals surface area contributed by atoms with Crippen LogP contribution in [0.15, 0.2) is 102 Å². The molecule has 180 valence electrons. The Kier molecular flexibility index (Phi) is 6.73. The molecule has 4 aromatic carbocycles. The van der Waals surface area contributed by atoms with Gasteiger partial charge in [-0.3, -0.25) is 4.79 Å². The van der Waals surface area contributed by atoms with Gasteiger partial charge in [0, 0.05) is 11.8 Å². The molecular formula is C33H31NO2. The third-order valence-corrected chi connectivity index (χ3v) is 6.68. The SMILES string of the molecule is Cc1ccc(COc2c(Cc3ccc(C)cc3)c(=O)n(Cc3ccc(C)cc3)c3ccccc23)cc1. The standard InChI is InChI=1S/C33H31NO2/c1-23-8-14-26(15-9-23)20-30-32(36-22-28-18-12-25(3)13-19-28)29-6-4-5-7-31(29)34(33(30)35)21-27-16-10-24(2)11-17-27/h4-19H,20-22H2,1-3H3. The van der Waals surface area contributed by atoms with Crippen molar-refractivity contribution in [3.8, 4) is 5.75 Å². The van der Waals surface area contributed by atoms with E-state index in [1.807, 2.05) is 22.8 Å². The second kappa shape index (κ2) is 10.2. The van der Waals surface area contributed by atoms with Gasteiger partial charge in [-0.2, -0.15) is 0 Å². The molecule has 0 aliphatic rings. The van der Waals surface area contributed by atoms with Gasteiger partial charge >= 0.3 is 0 Å². The highest BCUT2D eigenvalue weighted by Gasteiger charge is 2.19. The Labute approximate surface area is 212 Å². The van der Waals surface area contributed by atoms with Crippen molar-refractivity contribution in [2.75, 3.05) is 0 Å². The number of para-hydroxylation sites is 1. The van der Waals surface area contributed by atoms with E-state index in [2.05, 4.69) is 99.6 Å². The molecule has 5 aromatic rings. The van der Waals surface area contributed by atoms with Gasteiger partial charge in [-0.25, -0.2) is 0 Å². The lowest BCUT2D eigenvalue weighted by Gasteiger charge is -2.19. The fourth-order valence-corrected chi connectivity index (χ4v) is 4.54. The summed E-state index contributed by atoms with van der Waals surface area (Å²) in [6.45, 7) is 7.15. The minimum absolute atomic E-state index is 0.00578. The van der Waals surface area contributed by atoms with Crippen molar-refractivity contribution in [3.05, 3.63) is 146 Å². The Bertz CT molecular complexity index is 1540. The van der Waals surface area contributed by atoms with Gasteiger partial charge in [0.25, 0.3) is 5.56 Å². The minimum atomic E-state index is -0.00578. The van der Waals surface area contributed by atoms with Crippen LogP contribution in [0.25, 0.3) is 10.9 Å². The summed E-state index contributed by atoms with van der Waals surface area (Å²) >= 11 is 0. The lowest BCUT2D eigenvalue weighted by molar-refractivity contribution is 0.306. The molecule has 0 N–H and O–H groups in total. The maximum absolute atomic E-state index is 14.1. The molecule has 0 spiro atoms. The molecule has 0 saturated carbocycles. The number of aromatic nitrogens is 1. The van der Waals surface area contributed by atoms with E-state index < -0.39 is 0 Å². The summed E-state index contributed by atoms with van der Waals surface area (Å²) in [6.07, 6.45) is 0.515. The van der Waals surface area contributed by atoms with Crippen molar-refractivity contribution in [3.63, 3.8) is 0 Å². The minimum Gasteiger partial charge on any atom is -0.488 e. The van der Waals surface area contributed by atoms with Crippen LogP contribution in [0.2, 0.25) is 0 Å². The van der Waals surface area contributed by atoms with Gasteiger partial charge < -0.3 is 9.30 Å². The molecule has 0 radical (unpaired) electrons. The normalized spacial score (nSPS) is 11.1. The zero-order valence-corrected chi connectivity index (χ0v) is 21.1. The summed E-state index contributed by atoms with van der Waals surface area (Å²) in [6, 6.07) is 33.1. The van der Waals surface area contributed by atoms with Crippen LogP contribution >= 0.6 is 0 Å². The first-order valence-electron chi connectivity index (χ1n) is 12.4. The van der Waals surface area contributed by atoms with E-state index in [1.165, 1.54) is 16.7 Å². The van der Waals surface area contributed by atoms with Crippen molar-refractivity contribution in [2.24, 2.45) is 0 Å². The molecule has 0 saturated heterocycles. The highest BCUT2D eigenvalue weighted by molar-refractivity contribution is 5.87. The zero-order chi connectivity index (χ0) is 25.1. The molecule has 3 nitrogen and oxygen atoms in total. The van der Waals surface area contributed by atoms with Crippen molar-refractivity contribution in [2.45, 2.75) is 40.3 Å². The lowest BCUT2D eigenvalue weighted by Crippen LogP contribution is -2.26. The Hall–Kier alpha value is -4.11. The summed E-state index contributed by atoms with van der Waals surface area (Å²) < 4.78 is 8.35. The fraction of sp³-hybridized carbons (Fsp3) is 0.182. The van der Waals surface area contributed by atoms with Gasteiger partial charge in [0.15, 0.2) is 0 Å². The molecule has 5 rings (SSSR count). The average molecular weight is 474 g/mol. The lowest BCUT2D eigenvalue weighted by atomic mass is 10.0. The summed E-state index contributed by atoms with van der Waals surface area (Å²) in [5.41, 5.74) is 8.45. The number of nitrogens with zero attached hydrogens (tertiary/aromatic N) is 1. The van der Waals surface area contributed by atoms with Crippen LogP contribution in [-0.4, -0.2) is 4.57 Å². The van der Waals surface area contributed by atoms with Crippen LogP contribution in [-0.2, 0) is 19.6 Å². The molecular weight excluding hydrogens is 442 g/mol. The Morgan fingerprint density at radius 3 is 1.78 bits per heavy atom. The molecule has 0 aliphatic heterocycles. The fourth-order valence-electron chi connectivity index (χ4n) is 4.54. The van der Waals surface area contributed by atoms with Crippen molar-refractivity contribution < 1.29 is 4.74 Å². The first kappa shape index (κ1) is 23.6. The van der Waals surface area contributed by atoms with Crippen molar-refractivity contribution in [1.29, 1.82) is 0 Å². The average Bonchev–Trinajstić information content (AvgIpc) is 2.89. The Morgan fingerprint density at radius 1 is 0.639 bits per heavy atom. The number of benzene rings is 4. The zero-order valence-electron chi connectivity index (χ0n) is 21.1. The maximum Gasteiger partial charge on any atom is 0.258 e. The molecule has 0 bridgehead atoms. The van der Waals surface area contributed by atoms with Crippen LogP contribution in [0.3, 0.4) is 0 Å². The van der Waals surface area contributed by atoms with Gasteiger partial charge in [-0.05, 0) is 49.6 Å². The van der Waals surface area contributed by atoms with Crippen LogP contribution in [0.4, 0.5) is 0 Å². The first-order chi connectivity index (χ1) is 17.5. The van der Waals surface area contributed by atoms with E-state index in [-0.39, 0.29) is 5.56 Å². The van der Waals surface area contributed by atoms with Gasteiger partial charge in [0.05, 0.1) is 17.6 Å². The number of fused-ring (bicyclic) bond motifs is 1. The highest BCUT2D eigenvalue weighted by Crippen LogP contribution is 2.30. The van der Waals surface area contributed by atoms with E-state index in [0.29, 0.717) is 30.9 Å². The largest absolute Gasteiger partial charge is 0.488 e. The molecule has 0 atom stereocenters. The number of hydrogen-bond acceptors (Lipinski definition) is 2. The van der Waals surface area contributed by atoms with Gasteiger partial charge in [-0.1, -0.05) is 102 Å². The van der Waals surface area contributed by atoms with Crippen molar-refractivity contribution >= 4 is 10.9 Å². The predicted molar refractivity (Wildman–Crippen MR) is 148 cm³/mol. The summed E-state index contributed by atoms with van der Waals surface area (Å²) in [5, 5.41) is 0.957. The molecule has 1 heterocycles. The van der Waals surface area contributed by atoms with E-state index >= 15 is 0 Å². The number of ether oxygens (including phenoxy) is 1. The molecule has 0 aliphatic carbocycles. The quantitative estimate of drug-likeness (QED) is 0.251. The van der Waals surface area contributed by atoms with E-state index in [1.54, 1.807) is 0 Å². The highest BCUT2D eigenvalue weighted by atomic mass is 16.5.